The fourth-order valence-corrected chi connectivity index (χ4v) is 4.43. The Morgan fingerprint density at radius 3 is 2.39 bits per heavy atom. The van der Waals surface area contributed by atoms with Crippen molar-refractivity contribution in [1.82, 2.24) is 0 Å². The maximum absolute atomic E-state index is 13.6. The molecular formula is C21H30F2. The van der Waals surface area contributed by atoms with Gasteiger partial charge in [0.25, 0.3) is 0 Å². The van der Waals surface area contributed by atoms with E-state index in [2.05, 4.69) is 6.92 Å². The van der Waals surface area contributed by atoms with Gasteiger partial charge in [-0.05, 0) is 79.8 Å². The largest absolute Gasteiger partial charge is 0.204 e. The zero-order valence-electron chi connectivity index (χ0n) is 17.0. The van der Waals surface area contributed by atoms with Crippen LogP contribution < -0.4 is 0 Å². The molecule has 3 rings (SSSR count). The molecule has 0 aliphatic heterocycles. The molecule has 2 aliphatic carbocycles. The molecule has 0 amide bonds. The van der Waals surface area contributed by atoms with E-state index >= 15 is 0 Å². The third-order valence-electron chi connectivity index (χ3n) is 5.83. The Morgan fingerprint density at radius 1 is 1.00 bits per heavy atom. The van der Waals surface area contributed by atoms with Crippen molar-refractivity contribution in [2.24, 2.45) is 17.8 Å². The first-order valence-electron chi connectivity index (χ1n) is 10.8. The van der Waals surface area contributed by atoms with Gasteiger partial charge in [-0.15, -0.1) is 0 Å². The first kappa shape index (κ1) is 13.4. The zero-order chi connectivity index (χ0) is 18.9. The Morgan fingerprint density at radius 2 is 1.74 bits per heavy atom. The number of halogens is 2. The van der Waals surface area contributed by atoms with E-state index in [1.54, 1.807) is 0 Å². The molecule has 0 N–H and O–H groups in total. The Hall–Kier alpha value is -0.920. The van der Waals surface area contributed by atoms with Gasteiger partial charge < -0.3 is 0 Å². The van der Waals surface area contributed by atoms with Gasteiger partial charge in [0.15, 0.2) is 11.6 Å². The van der Waals surface area contributed by atoms with Crippen LogP contribution in [0.5, 0.6) is 0 Å². The van der Waals surface area contributed by atoms with E-state index in [9.17, 15) is 8.78 Å². The molecule has 0 saturated heterocycles. The van der Waals surface area contributed by atoms with Gasteiger partial charge in [0.1, 0.15) is 0 Å². The Balaban J connectivity index is 1.70. The Bertz CT molecular complexity index is 611. The van der Waals surface area contributed by atoms with Crippen LogP contribution >= 0.6 is 0 Å². The van der Waals surface area contributed by atoms with E-state index in [1.165, 1.54) is 31.7 Å². The van der Waals surface area contributed by atoms with Crippen LogP contribution in [-0.2, 0) is 0 Å². The fraction of sp³-hybridized carbons (Fsp3) is 0.714. The standard InChI is InChI=1S/C21H30F2/c1-2-3-15-4-6-16(7-5-15)17-8-10-18(11-9-17)19-12-13-20(22)21(23)14-19/h12-18H,2-11H2,1H3/t15?,16?,17-,18-/i10D,11D2/t10?,15?,16?,17-,18-/m0/s1. The predicted octanol–water partition coefficient (Wildman–Crippen LogP) is 6.85. The molecule has 3 atom stereocenters. The number of hydrogen-bond acceptors (Lipinski definition) is 0. The number of rotatable bonds is 4. The molecule has 0 aromatic heterocycles. The van der Waals surface area contributed by atoms with Gasteiger partial charge in [0.05, 0.1) is 0 Å². The Kier molecular flexibility index (Phi) is 4.52. The molecular weight excluding hydrogens is 290 g/mol. The van der Waals surface area contributed by atoms with Gasteiger partial charge in [0.2, 0.25) is 0 Å². The van der Waals surface area contributed by atoms with Crippen LogP contribution in [0.4, 0.5) is 8.78 Å². The topological polar surface area (TPSA) is 0 Å². The summed E-state index contributed by atoms with van der Waals surface area (Å²) in [5.74, 6) is -1.01. The molecule has 0 nitrogen and oxygen atoms in total. The lowest BCUT2D eigenvalue weighted by Crippen LogP contribution is -2.25. The summed E-state index contributed by atoms with van der Waals surface area (Å²) in [6, 6.07) is 3.57. The van der Waals surface area contributed by atoms with E-state index in [-0.39, 0.29) is 5.92 Å². The van der Waals surface area contributed by atoms with Crippen molar-refractivity contribution in [2.75, 3.05) is 0 Å². The lowest BCUT2D eigenvalue weighted by atomic mass is 9.68. The summed E-state index contributed by atoms with van der Waals surface area (Å²) >= 11 is 0. The first-order chi connectivity index (χ1) is 12.3. The Labute approximate surface area is 143 Å². The molecule has 0 bridgehead atoms. The van der Waals surface area contributed by atoms with Crippen LogP contribution in [0.1, 0.15) is 86.7 Å². The summed E-state index contributed by atoms with van der Waals surface area (Å²) in [6.45, 7) is 2.23. The van der Waals surface area contributed by atoms with Crippen molar-refractivity contribution < 1.29 is 12.9 Å². The normalized spacial score (nSPS) is 39.3. The van der Waals surface area contributed by atoms with Gasteiger partial charge >= 0.3 is 0 Å². The highest BCUT2D eigenvalue weighted by atomic mass is 19.2. The third-order valence-corrected chi connectivity index (χ3v) is 5.83. The maximum atomic E-state index is 13.6. The highest BCUT2D eigenvalue weighted by Crippen LogP contribution is 2.44. The summed E-state index contributed by atoms with van der Waals surface area (Å²) < 4.78 is 52.5. The SMILES string of the molecule is [2H]C1C[C@H](C2CCC(CCC)CC2)CC([2H])([2H])[C@H]1c1ccc(F)c(F)c1. The summed E-state index contributed by atoms with van der Waals surface area (Å²) in [7, 11) is 0. The van der Waals surface area contributed by atoms with Crippen molar-refractivity contribution in [3.8, 4) is 0 Å². The summed E-state index contributed by atoms with van der Waals surface area (Å²) in [6.07, 6.45) is 6.19. The average Bonchev–Trinajstić information content (AvgIpc) is 2.57. The van der Waals surface area contributed by atoms with E-state index < -0.39 is 30.3 Å². The molecule has 1 aromatic rings. The van der Waals surface area contributed by atoms with Crippen LogP contribution in [0.25, 0.3) is 0 Å². The number of benzene rings is 1. The van der Waals surface area contributed by atoms with Crippen molar-refractivity contribution in [1.29, 1.82) is 0 Å². The van der Waals surface area contributed by atoms with E-state index in [0.717, 1.165) is 30.9 Å². The van der Waals surface area contributed by atoms with Crippen molar-refractivity contribution in [3.05, 3.63) is 35.4 Å². The molecule has 128 valence electrons. The van der Waals surface area contributed by atoms with Crippen LogP contribution in [0, 0.1) is 29.4 Å². The van der Waals surface area contributed by atoms with E-state index in [1.807, 2.05) is 0 Å². The second-order valence-electron chi connectivity index (χ2n) is 7.36. The highest BCUT2D eigenvalue weighted by Gasteiger charge is 2.31. The average molecular weight is 323 g/mol. The monoisotopic (exact) mass is 323 g/mol. The quantitative estimate of drug-likeness (QED) is 0.568. The van der Waals surface area contributed by atoms with Crippen molar-refractivity contribution in [2.45, 2.75) is 77.0 Å². The van der Waals surface area contributed by atoms with Gasteiger partial charge in [-0.25, -0.2) is 8.78 Å². The lowest BCUT2D eigenvalue weighted by Gasteiger charge is -2.38. The number of hydrogen-bond donors (Lipinski definition) is 0. The molecule has 2 heteroatoms. The lowest BCUT2D eigenvalue weighted by molar-refractivity contribution is 0.156. The smallest absolute Gasteiger partial charge is 0.159 e. The van der Waals surface area contributed by atoms with E-state index in [4.69, 9.17) is 4.11 Å². The minimum absolute atomic E-state index is 0.233. The van der Waals surface area contributed by atoms with Crippen LogP contribution in [0.3, 0.4) is 0 Å². The van der Waals surface area contributed by atoms with Crippen molar-refractivity contribution in [3.63, 3.8) is 0 Å². The second-order valence-corrected chi connectivity index (χ2v) is 7.36. The molecule has 23 heavy (non-hydrogen) atoms. The molecule has 2 saturated carbocycles. The third kappa shape index (κ3) is 4.14. The summed E-state index contributed by atoms with van der Waals surface area (Å²) in [5.41, 5.74) is 0.416. The minimum Gasteiger partial charge on any atom is -0.204 e. The van der Waals surface area contributed by atoms with E-state index in [0.29, 0.717) is 24.3 Å². The molecule has 1 aromatic carbocycles. The fourth-order valence-electron chi connectivity index (χ4n) is 4.43. The predicted molar refractivity (Wildman–Crippen MR) is 91.4 cm³/mol. The molecule has 1 unspecified atom stereocenters. The van der Waals surface area contributed by atoms with Gasteiger partial charge in [-0.1, -0.05) is 38.7 Å². The van der Waals surface area contributed by atoms with Crippen molar-refractivity contribution >= 4 is 0 Å². The van der Waals surface area contributed by atoms with Gasteiger partial charge in [0, 0.05) is 4.11 Å². The van der Waals surface area contributed by atoms with Gasteiger partial charge in [-0.3, -0.25) is 0 Å². The zero-order valence-corrected chi connectivity index (χ0v) is 14.0. The van der Waals surface area contributed by atoms with Crippen LogP contribution in [0.2, 0.25) is 0 Å². The first-order valence-corrected chi connectivity index (χ1v) is 9.19. The molecule has 0 heterocycles. The molecule has 0 spiro atoms. The molecule has 2 fully saturated rings. The maximum Gasteiger partial charge on any atom is 0.159 e. The molecule has 0 radical (unpaired) electrons. The second kappa shape index (κ2) is 7.77. The summed E-state index contributed by atoms with van der Waals surface area (Å²) in [5, 5.41) is 0. The van der Waals surface area contributed by atoms with Crippen LogP contribution in [-0.4, -0.2) is 0 Å². The highest BCUT2D eigenvalue weighted by molar-refractivity contribution is 5.22. The van der Waals surface area contributed by atoms with Crippen LogP contribution in [0.15, 0.2) is 18.2 Å². The van der Waals surface area contributed by atoms with Gasteiger partial charge in [-0.2, -0.15) is 0 Å². The minimum atomic E-state index is -1.56. The molecule has 2 aliphatic rings. The summed E-state index contributed by atoms with van der Waals surface area (Å²) in [4.78, 5) is 0.